The van der Waals surface area contributed by atoms with Crippen molar-refractivity contribution in [1.29, 1.82) is 0 Å². The van der Waals surface area contributed by atoms with Gasteiger partial charge < -0.3 is 16.0 Å². The molecule has 15 heavy (non-hydrogen) atoms. The quantitative estimate of drug-likeness (QED) is 0.644. The molecule has 2 atom stereocenters. The minimum atomic E-state index is -0.359. The van der Waals surface area contributed by atoms with Crippen LogP contribution in [0.3, 0.4) is 0 Å². The molecule has 0 aromatic heterocycles. The number of likely N-dealkylation sites (tertiary alicyclic amines) is 1. The summed E-state index contributed by atoms with van der Waals surface area (Å²) in [6.07, 6.45) is 1.06. The summed E-state index contributed by atoms with van der Waals surface area (Å²) >= 11 is 0. The Balaban J connectivity index is 2.51. The number of primary amides is 1. The fourth-order valence-electron chi connectivity index (χ4n) is 1.98. The number of nitrogens with zero attached hydrogens (tertiary/aromatic N) is 1. The minimum absolute atomic E-state index is 0.0784. The predicted molar refractivity (Wildman–Crippen MR) is 57.1 cm³/mol. The van der Waals surface area contributed by atoms with Gasteiger partial charge in [-0.25, -0.2) is 0 Å². The number of carbonyl (C=O) groups is 2. The first kappa shape index (κ1) is 12.0. The zero-order valence-corrected chi connectivity index (χ0v) is 9.32. The summed E-state index contributed by atoms with van der Waals surface area (Å²) in [4.78, 5) is 24.3. The second kappa shape index (κ2) is 5.11. The molecule has 0 bridgehead atoms. The Bertz CT molecular complexity index is 255. The third kappa shape index (κ3) is 2.92. The molecule has 5 nitrogen and oxygen atoms in total. The molecule has 1 rings (SSSR count). The van der Waals surface area contributed by atoms with Gasteiger partial charge in [-0.15, -0.1) is 0 Å². The van der Waals surface area contributed by atoms with Crippen molar-refractivity contribution in [2.45, 2.75) is 38.8 Å². The number of rotatable bonds is 5. The zero-order valence-electron chi connectivity index (χ0n) is 9.32. The molecule has 5 heteroatoms. The molecule has 2 unspecified atom stereocenters. The van der Waals surface area contributed by atoms with Gasteiger partial charge in [-0.1, -0.05) is 6.92 Å². The molecule has 0 radical (unpaired) electrons. The summed E-state index contributed by atoms with van der Waals surface area (Å²) in [6.45, 7) is 5.33. The fraction of sp³-hybridized carbons (Fsp3) is 0.800. The van der Waals surface area contributed by atoms with Gasteiger partial charge in [0.2, 0.25) is 11.8 Å². The fourth-order valence-corrected chi connectivity index (χ4v) is 1.98. The highest BCUT2D eigenvalue weighted by Gasteiger charge is 2.33. The topological polar surface area (TPSA) is 75.4 Å². The average molecular weight is 213 g/mol. The van der Waals surface area contributed by atoms with E-state index in [0.29, 0.717) is 6.54 Å². The molecule has 1 aliphatic rings. The molecule has 0 aromatic rings. The summed E-state index contributed by atoms with van der Waals surface area (Å²) in [5.41, 5.74) is 5.11. The van der Waals surface area contributed by atoms with Gasteiger partial charge in [0.05, 0.1) is 6.04 Å². The molecule has 0 saturated carbocycles. The lowest BCUT2D eigenvalue weighted by Gasteiger charge is -2.23. The average Bonchev–Trinajstić information content (AvgIpc) is 2.48. The Morgan fingerprint density at radius 2 is 2.40 bits per heavy atom. The van der Waals surface area contributed by atoms with E-state index in [1.165, 1.54) is 0 Å². The van der Waals surface area contributed by atoms with E-state index in [0.717, 1.165) is 13.0 Å². The highest BCUT2D eigenvalue weighted by atomic mass is 16.2. The van der Waals surface area contributed by atoms with Gasteiger partial charge in [0, 0.05) is 19.0 Å². The van der Waals surface area contributed by atoms with Crippen molar-refractivity contribution in [3.05, 3.63) is 0 Å². The number of hydrogen-bond acceptors (Lipinski definition) is 3. The first-order valence-electron chi connectivity index (χ1n) is 5.38. The molecule has 86 valence electrons. The van der Waals surface area contributed by atoms with Crippen LogP contribution in [0.1, 0.15) is 26.7 Å². The summed E-state index contributed by atoms with van der Waals surface area (Å²) in [5, 5.41) is 3.13. The van der Waals surface area contributed by atoms with Crippen LogP contribution in [0.15, 0.2) is 0 Å². The highest BCUT2D eigenvalue weighted by Crippen LogP contribution is 2.16. The molecule has 1 saturated heterocycles. The van der Waals surface area contributed by atoms with Crippen molar-refractivity contribution >= 4 is 11.8 Å². The summed E-state index contributed by atoms with van der Waals surface area (Å²) in [5.74, 6) is -0.271. The van der Waals surface area contributed by atoms with Crippen LogP contribution in [0.2, 0.25) is 0 Å². The van der Waals surface area contributed by atoms with Crippen LogP contribution in [0.25, 0.3) is 0 Å². The van der Waals surface area contributed by atoms with Crippen molar-refractivity contribution in [1.82, 2.24) is 10.2 Å². The van der Waals surface area contributed by atoms with Crippen LogP contribution in [-0.4, -0.2) is 41.9 Å². The second-order valence-electron chi connectivity index (χ2n) is 3.95. The molecule has 0 aliphatic carbocycles. The van der Waals surface area contributed by atoms with Crippen molar-refractivity contribution in [2.75, 3.05) is 13.1 Å². The van der Waals surface area contributed by atoms with Gasteiger partial charge in [-0.3, -0.25) is 9.59 Å². The molecule has 0 aromatic carbocycles. The molecule has 0 spiro atoms. The maximum absolute atomic E-state index is 11.8. The lowest BCUT2D eigenvalue weighted by molar-refractivity contribution is -0.131. The molecular formula is C10H19N3O2. The zero-order chi connectivity index (χ0) is 11.4. The first-order chi connectivity index (χ1) is 7.06. The predicted octanol–water partition coefficient (Wildman–Crippen LogP) is -0.539. The van der Waals surface area contributed by atoms with Crippen LogP contribution < -0.4 is 11.1 Å². The van der Waals surface area contributed by atoms with Crippen molar-refractivity contribution in [3.63, 3.8) is 0 Å². The molecular weight excluding hydrogens is 194 g/mol. The van der Waals surface area contributed by atoms with Gasteiger partial charge in [0.15, 0.2) is 0 Å². The second-order valence-corrected chi connectivity index (χ2v) is 3.95. The van der Waals surface area contributed by atoms with Crippen molar-refractivity contribution in [3.8, 4) is 0 Å². The van der Waals surface area contributed by atoms with Gasteiger partial charge in [-0.2, -0.15) is 0 Å². The number of nitrogens with two attached hydrogens (primary N) is 1. The van der Waals surface area contributed by atoms with E-state index in [4.69, 9.17) is 5.73 Å². The Labute approximate surface area is 90.0 Å². The van der Waals surface area contributed by atoms with E-state index in [1.807, 2.05) is 13.8 Å². The largest absolute Gasteiger partial charge is 0.370 e. The number of carbonyl (C=O) groups excluding carboxylic acids is 2. The SMILES string of the molecule is CCNC1CCN(C(C)CC(N)=O)C1=O. The standard InChI is InChI=1S/C10H19N3O2/c1-3-12-8-4-5-13(10(8)15)7(2)6-9(11)14/h7-8,12H,3-6H2,1-2H3,(H2,11,14). The van der Waals surface area contributed by atoms with Gasteiger partial charge in [0.25, 0.3) is 0 Å². The normalized spacial score (nSPS) is 23.2. The number of hydrogen-bond donors (Lipinski definition) is 2. The number of likely N-dealkylation sites (N-methyl/N-ethyl adjacent to an activating group) is 1. The van der Waals surface area contributed by atoms with Crippen LogP contribution in [0.5, 0.6) is 0 Å². The minimum Gasteiger partial charge on any atom is -0.370 e. The summed E-state index contributed by atoms with van der Waals surface area (Å²) in [7, 11) is 0. The Hall–Kier alpha value is -1.10. The van der Waals surface area contributed by atoms with Crippen molar-refractivity contribution in [2.24, 2.45) is 5.73 Å². The molecule has 1 heterocycles. The summed E-state index contributed by atoms with van der Waals surface area (Å²) < 4.78 is 0. The Morgan fingerprint density at radius 1 is 1.73 bits per heavy atom. The van der Waals surface area contributed by atoms with Gasteiger partial charge >= 0.3 is 0 Å². The van der Waals surface area contributed by atoms with Gasteiger partial charge in [0.1, 0.15) is 0 Å². The summed E-state index contributed by atoms with van der Waals surface area (Å²) in [6, 6.07) is -0.163. The molecule has 2 amide bonds. The highest BCUT2D eigenvalue weighted by molar-refractivity contribution is 5.85. The van der Waals surface area contributed by atoms with E-state index in [9.17, 15) is 9.59 Å². The van der Waals surface area contributed by atoms with E-state index in [1.54, 1.807) is 4.90 Å². The smallest absolute Gasteiger partial charge is 0.240 e. The number of amides is 2. The lowest BCUT2D eigenvalue weighted by Crippen LogP contribution is -2.42. The molecule has 3 N–H and O–H groups in total. The van der Waals surface area contributed by atoms with Gasteiger partial charge in [-0.05, 0) is 19.9 Å². The monoisotopic (exact) mass is 213 g/mol. The van der Waals surface area contributed by atoms with Crippen LogP contribution >= 0.6 is 0 Å². The maximum atomic E-state index is 11.8. The maximum Gasteiger partial charge on any atom is 0.240 e. The van der Waals surface area contributed by atoms with E-state index >= 15 is 0 Å². The Morgan fingerprint density at radius 3 is 2.93 bits per heavy atom. The lowest BCUT2D eigenvalue weighted by atomic mass is 10.2. The number of nitrogens with one attached hydrogen (secondary N) is 1. The van der Waals surface area contributed by atoms with E-state index in [2.05, 4.69) is 5.32 Å². The molecule has 1 fully saturated rings. The van der Waals surface area contributed by atoms with Crippen LogP contribution in [0.4, 0.5) is 0 Å². The Kier molecular flexibility index (Phi) is 4.08. The third-order valence-corrected chi connectivity index (χ3v) is 2.72. The first-order valence-corrected chi connectivity index (χ1v) is 5.38. The van der Waals surface area contributed by atoms with E-state index in [-0.39, 0.29) is 30.3 Å². The van der Waals surface area contributed by atoms with Crippen LogP contribution in [-0.2, 0) is 9.59 Å². The third-order valence-electron chi connectivity index (χ3n) is 2.72. The molecule has 1 aliphatic heterocycles. The van der Waals surface area contributed by atoms with Crippen LogP contribution in [0, 0.1) is 0 Å². The van der Waals surface area contributed by atoms with Crippen molar-refractivity contribution < 1.29 is 9.59 Å². The van der Waals surface area contributed by atoms with E-state index < -0.39 is 0 Å².